The zero-order chi connectivity index (χ0) is 20.0. The summed E-state index contributed by atoms with van der Waals surface area (Å²) in [6, 6.07) is 12.4. The molecule has 2 aliphatic rings. The van der Waals surface area contributed by atoms with E-state index in [0.29, 0.717) is 17.8 Å². The Labute approximate surface area is 177 Å². The van der Waals surface area contributed by atoms with Crippen molar-refractivity contribution in [3.8, 4) is 6.07 Å². The summed E-state index contributed by atoms with van der Waals surface area (Å²) in [5, 5.41) is 10.00. The van der Waals surface area contributed by atoms with Gasteiger partial charge in [-0.25, -0.2) is 0 Å². The predicted octanol–water partition coefficient (Wildman–Crippen LogP) is 5.43. The van der Waals surface area contributed by atoms with Crippen molar-refractivity contribution in [2.45, 2.75) is 39.0 Å². The molecule has 1 aromatic carbocycles. The van der Waals surface area contributed by atoms with E-state index in [0.717, 1.165) is 49.6 Å². The molecule has 142 valence electrons. The first-order valence-corrected chi connectivity index (χ1v) is 10.8. The fourth-order valence-corrected chi connectivity index (χ4v) is 5.66. The lowest BCUT2D eigenvalue weighted by Gasteiger charge is -2.39. The number of Topliss-reactive ketones (excluding diaryl/α,β-unsaturated/α-hetero) is 1. The van der Waals surface area contributed by atoms with E-state index in [2.05, 4.69) is 22.0 Å². The fourth-order valence-electron chi connectivity index (χ4n) is 3.98. The standard InChI is InChI=1S/C22H20BrN3OS/c1-12-6-8-14(9-7-12)26-17-4-3-5-18(27)21(17)20(15(11-24)22(26)25)19-10-16(23)13(2)28-19/h6-10,20H,3-5,25H2,1-2H3. The molecule has 1 aliphatic carbocycles. The van der Waals surface area contributed by atoms with Crippen LogP contribution < -0.4 is 10.6 Å². The highest BCUT2D eigenvalue weighted by molar-refractivity contribution is 9.10. The average molecular weight is 454 g/mol. The van der Waals surface area contributed by atoms with Gasteiger partial charge in [0.1, 0.15) is 5.82 Å². The smallest absolute Gasteiger partial charge is 0.161 e. The van der Waals surface area contributed by atoms with E-state index in [1.165, 1.54) is 0 Å². The van der Waals surface area contributed by atoms with Gasteiger partial charge in [0.15, 0.2) is 5.78 Å². The minimum Gasteiger partial charge on any atom is -0.384 e. The van der Waals surface area contributed by atoms with Gasteiger partial charge < -0.3 is 5.73 Å². The van der Waals surface area contributed by atoms with Crippen LogP contribution >= 0.6 is 27.3 Å². The molecule has 1 unspecified atom stereocenters. The number of carbonyl (C=O) groups excluding carboxylic acids is 1. The monoisotopic (exact) mass is 453 g/mol. The Hall–Kier alpha value is -2.36. The molecule has 0 saturated carbocycles. The Morgan fingerprint density at radius 2 is 1.96 bits per heavy atom. The van der Waals surface area contributed by atoms with Gasteiger partial charge in [0.25, 0.3) is 0 Å². The number of nitrogens with two attached hydrogens (primary N) is 1. The third kappa shape index (κ3) is 2.99. The number of anilines is 1. The molecule has 0 bridgehead atoms. The summed E-state index contributed by atoms with van der Waals surface area (Å²) in [6.45, 7) is 4.05. The molecule has 1 atom stereocenters. The maximum Gasteiger partial charge on any atom is 0.161 e. The number of hydrogen-bond donors (Lipinski definition) is 1. The number of nitrogens with zero attached hydrogens (tertiary/aromatic N) is 2. The van der Waals surface area contributed by atoms with Gasteiger partial charge in [-0.05, 0) is 60.8 Å². The first kappa shape index (κ1) is 19.0. The van der Waals surface area contributed by atoms with Crippen LogP contribution in [0.25, 0.3) is 0 Å². The topological polar surface area (TPSA) is 70.1 Å². The molecule has 1 aliphatic heterocycles. The highest BCUT2D eigenvalue weighted by Gasteiger charge is 2.41. The SMILES string of the molecule is Cc1ccc(N2C(N)=C(C#N)C(c3cc(Br)c(C)s3)C3=C2CCCC3=O)cc1. The molecule has 2 aromatic rings. The van der Waals surface area contributed by atoms with Crippen LogP contribution in [0.4, 0.5) is 5.69 Å². The van der Waals surface area contributed by atoms with E-state index < -0.39 is 0 Å². The Bertz CT molecular complexity index is 1050. The third-order valence-corrected chi connectivity index (χ3v) is 7.57. The van der Waals surface area contributed by atoms with Gasteiger partial charge in [-0.2, -0.15) is 5.26 Å². The number of aryl methyl sites for hydroxylation is 2. The van der Waals surface area contributed by atoms with Gasteiger partial charge in [0, 0.05) is 37.6 Å². The van der Waals surface area contributed by atoms with Crippen LogP contribution in [0.5, 0.6) is 0 Å². The lowest BCUT2D eigenvalue weighted by Crippen LogP contribution is -2.38. The number of hydrogen-bond acceptors (Lipinski definition) is 5. The largest absolute Gasteiger partial charge is 0.384 e. The second-order valence-electron chi connectivity index (χ2n) is 7.20. The van der Waals surface area contributed by atoms with Gasteiger partial charge in [-0.15, -0.1) is 11.3 Å². The third-order valence-electron chi connectivity index (χ3n) is 5.37. The van der Waals surface area contributed by atoms with Crippen molar-refractivity contribution in [3.05, 3.63) is 72.8 Å². The summed E-state index contributed by atoms with van der Waals surface area (Å²) in [6.07, 6.45) is 2.09. The Morgan fingerprint density at radius 1 is 1.25 bits per heavy atom. The van der Waals surface area contributed by atoms with E-state index in [4.69, 9.17) is 5.73 Å². The summed E-state index contributed by atoms with van der Waals surface area (Å²) in [5.41, 5.74) is 10.7. The van der Waals surface area contributed by atoms with Crippen molar-refractivity contribution in [2.75, 3.05) is 4.90 Å². The minimum absolute atomic E-state index is 0.116. The van der Waals surface area contributed by atoms with Crippen LogP contribution in [0.15, 0.2) is 57.5 Å². The van der Waals surface area contributed by atoms with Crippen molar-refractivity contribution in [3.63, 3.8) is 0 Å². The van der Waals surface area contributed by atoms with Crippen molar-refractivity contribution < 1.29 is 4.79 Å². The van der Waals surface area contributed by atoms with Crippen LogP contribution in [0.3, 0.4) is 0 Å². The lowest BCUT2D eigenvalue weighted by molar-refractivity contribution is -0.116. The van der Waals surface area contributed by atoms with Gasteiger partial charge in [-0.3, -0.25) is 9.69 Å². The molecule has 0 fully saturated rings. The van der Waals surface area contributed by atoms with Crippen LogP contribution in [0.1, 0.15) is 40.5 Å². The van der Waals surface area contributed by atoms with Crippen LogP contribution in [0.2, 0.25) is 0 Å². The molecule has 28 heavy (non-hydrogen) atoms. The first-order chi connectivity index (χ1) is 13.4. The van der Waals surface area contributed by atoms with E-state index in [9.17, 15) is 10.1 Å². The van der Waals surface area contributed by atoms with Crippen molar-refractivity contribution in [2.24, 2.45) is 5.73 Å². The number of benzene rings is 1. The normalized spacial score (nSPS) is 19.7. The van der Waals surface area contributed by atoms with Gasteiger partial charge in [-0.1, -0.05) is 17.7 Å². The van der Waals surface area contributed by atoms with E-state index in [1.54, 1.807) is 11.3 Å². The fraction of sp³-hybridized carbons (Fsp3) is 0.273. The molecule has 0 radical (unpaired) electrons. The zero-order valence-electron chi connectivity index (χ0n) is 15.8. The molecular formula is C22H20BrN3OS. The Morgan fingerprint density at radius 3 is 2.57 bits per heavy atom. The predicted molar refractivity (Wildman–Crippen MR) is 116 cm³/mol. The summed E-state index contributed by atoms with van der Waals surface area (Å²) in [5.74, 6) is 0.155. The molecule has 0 spiro atoms. The summed E-state index contributed by atoms with van der Waals surface area (Å²) < 4.78 is 0.995. The Balaban J connectivity index is 1.96. The number of allylic oxidation sites excluding steroid dienone is 3. The van der Waals surface area contributed by atoms with Crippen molar-refractivity contribution >= 4 is 38.7 Å². The number of nitriles is 1. The quantitative estimate of drug-likeness (QED) is 0.657. The lowest BCUT2D eigenvalue weighted by atomic mass is 9.78. The highest BCUT2D eigenvalue weighted by atomic mass is 79.9. The van der Waals surface area contributed by atoms with Crippen LogP contribution in [-0.4, -0.2) is 5.78 Å². The molecule has 2 N–H and O–H groups in total. The Kier molecular flexibility index (Phi) is 4.90. The number of rotatable bonds is 2. The second kappa shape index (κ2) is 7.23. The average Bonchev–Trinajstić information content (AvgIpc) is 3.00. The first-order valence-electron chi connectivity index (χ1n) is 9.21. The molecule has 6 heteroatoms. The summed E-state index contributed by atoms with van der Waals surface area (Å²) in [4.78, 5) is 17.1. The maximum absolute atomic E-state index is 13.0. The molecule has 4 rings (SSSR count). The number of halogens is 1. The van der Waals surface area contributed by atoms with Crippen molar-refractivity contribution in [1.29, 1.82) is 5.26 Å². The molecule has 1 aromatic heterocycles. The van der Waals surface area contributed by atoms with Gasteiger partial charge >= 0.3 is 0 Å². The van der Waals surface area contributed by atoms with E-state index in [-0.39, 0.29) is 11.7 Å². The van der Waals surface area contributed by atoms with E-state index in [1.807, 2.05) is 49.1 Å². The molecule has 4 nitrogen and oxygen atoms in total. The number of thiophene rings is 1. The zero-order valence-corrected chi connectivity index (χ0v) is 18.2. The van der Waals surface area contributed by atoms with E-state index >= 15 is 0 Å². The second-order valence-corrected chi connectivity index (χ2v) is 9.35. The summed E-state index contributed by atoms with van der Waals surface area (Å²) in [7, 11) is 0. The highest BCUT2D eigenvalue weighted by Crippen LogP contribution is 2.48. The van der Waals surface area contributed by atoms with Crippen LogP contribution in [0, 0.1) is 25.2 Å². The number of ketones is 1. The molecule has 0 amide bonds. The molecule has 0 saturated heterocycles. The summed E-state index contributed by atoms with van der Waals surface area (Å²) >= 11 is 5.17. The maximum atomic E-state index is 13.0. The van der Waals surface area contributed by atoms with Crippen LogP contribution in [-0.2, 0) is 4.79 Å². The minimum atomic E-state index is -0.385. The number of carbonyl (C=O) groups is 1. The van der Waals surface area contributed by atoms with Gasteiger partial charge in [0.2, 0.25) is 0 Å². The van der Waals surface area contributed by atoms with Gasteiger partial charge in [0.05, 0.1) is 17.6 Å². The molecular weight excluding hydrogens is 434 g/mol. The molecule has 2 heterocycles. The van der Waals surface area contributed by atoms with Crippen molar-refractivity contribution in [1.82, 2.24) is 0 Å².